The van der Waals surface area contributed by atoms with E-state index in [2.05, 4.69) is 10.3 Å². The van der Waals surface area contributed by atoms with Crippen molar-refractivity contribution in [2.75, 3.05) is 5.32 Å². The molecule has 0 aromatic heterocycles. The molecule has 8 nitrogen and oxygen atoms in total. The number of nitrogens with one attached hydrogen (secondary N) is 3. The first-order valence-electron chi connectivity index (χ1n) is 6.69. The van der Waals surface area contributed by atoms with Crippen LogP contribution in [-0.2, 0) is 0 Å². The molecule has 0 aliphatic heterocycles. The normalized spacial score (nSPS) is 14.3. The van der Waals surface area contributed by atoms with Crippen LogP contribution < -0.4 is 15.8 Å². The van der Waals surface area contributed by atoms with Gasteiger partial charge >= 0.3 is 0 Å². The molecule has 5 N–H and O–H groups in total. The highest BCUT2D eigenvalue weighted by Gasteiger charge is 1.98. The minimum Gasteiger partial charge on any atom is -0.595 e. The summed E-state index contributed by atoms with van der Waals surface area (Å²) < 4.78 is 0. The zero-order valence-electron chi connectivity index (χ0n) is 12.0. The van der Waals surface area contributed by atoms with Gasteiger partial charge in [0.2, 0.25) is 0 Å². The monoisotopic (exact) mass is 316 g/mol. The summed E-state index contributed by atoms with van der Waals surface area (Å²) in [6.07, 6.45) is 4.90. The lowest BCUT2D eigenvalue weighted by Gasteiger charge is -2.11. The predicted octanol–water partition coefficient (Wildman–Crippen LogP) is 0.821. The average molecular weight is 316 g/mol. The van der Waals surface area contributed by atoms with Crippen LogP contribution in [0.1, 0.15) is 0 Å². The molecule has 0 saturated carbocycles. The minimum atomic E-state index is -0.974. The molecule has 8 heteroatoms. The Morgan fingerprint density at radius 3 is 1.91 bits per heavy atom. The topological polar surface area (TPSA) is 120 Å². The van der Waals surface area contributed by atoms with E-state index in [9.17, 15) is 10.4 Å². The molecular formula is C15H16N4O4. The maximum absolute atomic E-state index is 10.7. The highest BCUT2D eigenvalue weighted by Crippen LogP contribution is 2.13. The van der Waals surface area contributed by atoms with E-state index in [0.29, 0.717) is 5.69 Å². The molecule has 0 bridgehead atoms. The van der Waals surface area contributed by atoms with Crippen molar-refractivity contribution in [1.82, 2.24) is 0 Å². The average Bonchev–Trinajstić information content (AvgIpc) is 2.55. The van der Waals surface area contributed by atoms with Crippen LogP contribution >= 0.6 is 0 Å². The van der Waals surface area contributed by atoms with Gasteiger partial charge in [0.1, 0.15) is 0 Å². The molecule has 0 saturated heterocycles. The maximum Gasteiger partial charge on any atom is 0.163 e. The minimum absolute atomic E-state index is 0.214. The van der Waals surface area contributed by atoms with Crippen molar-refractivity contribution in [3.63, 3.8) is 0 Å². The Hall–Kier alpha value is -2.59. The lowest BCUT2D eigenvalue weighted by Crippen LogP contribution is -2.99. The van der Waals surface area contributed by atoms with Gasteiger partial charge in [0.15, 0.2) is 11.4 Å². The molecular weight excluding hydrogens is 300 g/mol. The Morgan fingerprint density at radius 1 is 0.870 bits per heavy atom. The number of hydrogen-bond acceptors (Lipinski definition) is 6. The molecule has 2 rings (SSSR count). The molecule has 0 spiro atoms. The largest absolute Gasteiger partial charge is 0.595 e. The molecule has 23 heavy (non-hydrogen) atoms. The van der Waals surface area contributed by atoms with Crippen molar-refractivity contribution < 1.29 is 20.9 Å². The number of aliphatic imine (C=N–C) groups is 1. The number of hydrogen-bond donors (Lipinski definition) is 5. The first-order valence-corrected chi connectivity index (χ1v) is 6.69. The second kappa shape index (κ2) is 8.15. The van der Waals surface area contributed by atoms with Crippen molar-refractivity contribution in [3.05, 3.63) is 71.2 Å². The quantitative estimate of drug-likeness (QED) is 0.399. The first-order chi connectivity index (χ1) is 11.1. The Balaban J connectivity index is 1.86. The number of allylic oxidation sites excluding steroid dienone is 1. The van der Waals surface area contributed by atoms with Gasteiger partial charge in [0.05, 0.1) is 5.69 Å². The lowest BCUT2D eigenvalue weighted by molar-refractivity contribution is -0.991. The Kier molecular flexibility index (Phi) is 5.94. The fourth-order valence-electron chi connectivity index (χ4n) is 1.72. The van der Waals surface area contributed by atoms with Gasteiger partial charge in [-0.1, -0.05) is 0 Å². The van der Waals surface area contributed by atoms with E-state index in [-0.39, 0.29) is 11.4 Å². The van der Waals surface area contributed by atoms with Gasteiger partial charge in [-0.3, -0.25) is 4.99 Å². The highest BCUT2D eigenvalue weighted by atomic mass is 16.8. The number of anilines is 1. The number of quaternary nitrogens is 2. The predicted molar refractivity (Wildman–Crippen MR) is 85.4 cm³/mol. The van der Waals surface area contributed by atoms with Crippen molar-refractivity contribution >= 4 is 29.0 Å². The van der Waals surface area contributed by atoms with E-state index in [1.165, 1.54) is 24.3 Å². The van der Waals surface area contributed by atoms with Crippen LogP contribution in [0, 0.1) is 10.4 Å². The zero-order valence-corrected chi connectivity index (χ0v) is 12.0. The maximum atomic E-state index is 10.7. The molecule has 2 unspecified atom stereocenters. The van der Waals surface area contributed by atoms with E-state index < -0.39 is 10.5 Å². The Bertz CT molecular complexity index is 667. The lowest BCUT2D eigenvalue weighted by atomic mass is 10.3. The van der Waals surface area contributed by atoms with Crippen LogP contribution in [0.15, 0.2) is 65.8 Å². The van der Waals surface area contributed by atoms with Crippen LogP contribution in [0.2, 0.25) is 0 Å². The number of rotatable bonds is 6. The summed E-state index contributed by atoms with van der Waals surface area (Å²) in [5.41, 5.74) is 1.84. The molecule has 2 aromatic carbocycles. The van der Waals surface area contributed by atoms with Crippen molar-refractivity contribution in [2.24, 2.45) is 4.99 Å². The third-order valence-electron chi connectivity index (χ3n) is 2.90. The molecule has 2 aromatic rings. The molecule has 0 radical (unpaired) electrons. The van der Waals surface area contributed by atoms with Crippen molar-refractivity contribution in [2.45, 2.75) is 0 Å². The van der Waals surface area contributed by atoms with Gasteiger partial charge in [-0.25, -0.2) is 10.4 Å². The van der Waals surface area contributed by atoms with E-state index in [1.54, 1.807) is 42.8 Å². The van der Waals surface area contributed by atoms with Gasteiger partial charge in [-0.2, -0.15) is 10.5 Å². The van der Waals surface area contributed by atoms with Gasteiger partial charge < -0.3 is 15.7 Å². The van der Waals surface area contributed by atoms with Crippen LogP contribution in [-0.4, -0.2) is 16.6 Å². The SMILES string of the molecule is [O-][NH+](O)c1ccc(N=C/C=C/Nc2ccc([NH+]([O-])O)cc2)cc1. The standard InChI is InChI=1S/C15H16N4O4/c20-18(21)14-6-2-12(3-7-14)16-10-1-11-17-13-4-8-15(9-5-13)19(22)23/h1-11,16,18-20,22H/b10-1+,17-11?. The second-order valence-electron chi connectivity index (χ2n) is 4.52. The summed E-state index contributed by atoms with van der Waals surface area (Å²) in [6.45, 7) is 0. The third-order valence-corrected chi connectivity index (χ3v) is 2.90. The van der Waals surface area contributed by atoms with Crippen LogP contribution in [0.4, 0.5) is 22.7 Å². The summed E-state index contributed by atoms with van der Waals surface area (Å²) in [5.74, 6) is 0. The molecule has 0 aliphatic rings. The highest BCUT2D eigenvalue weighted by molar-refractivity contribution is 5.75. The van der Waals surface area contributed by atoms with Gasteiger partial charge in [-0.05, 0) is 30.3 Å². The smallest absolute Gasteiger partial charge is 0.163 e. The van der Waals surface area contributed by atoms with Crippen LogP contribution in [0.3, 0.4) is 0 Å². The molecule has 0 heterocycles. The van der Waals surface area contributed by atoms with Crippen molar-refractivity contribution in [1.29, 1.82) is 0 Å². The molecule has 0 aliphatic carbocycles. The third kappa shape index (κ3) is 5.27. The summed E-state index contributed by atoms with van der Waals surface area (Å²) in [5, 5.41) is 40.1. The summed E-state index contributed by atoms with van der Waals surface area (Å²) in [6, 6.07) is 12.6. The van der Waals surface area contributed by atoms with E-state index in [0.717, 1.165) is 5.69 Å². The second-order valence-corrected chi connectivity index (χ2v) is 4.52. The van der Waals surface area contributed by atoms with Gasteiger partial charge in [0.25, 0.3) is 0 Å². The summed E-state index contributed by atoms with van der Waals surface area (Å²) >= 11 is 0. The Labute approximate surface area is 132 Å². The number of nitrogens with zero attached hydrogens (tertiary/aromatic N) is 1. The summed E-state index contributed by atoms with van der Waals surface area (Å²) in [4.78, 5) is 4.15. The van der Waals surface area contributed by atoms with E-state index in [1.807, 2.05) is 0 Å². The molecule has 0 fully saturated rings. The fraction of sp³-hybridized carbons (Fsp3) is 0. The Morgan fingerprint density at radius 2 is 1.39 bits per heavy atom. The summed E-state index contributed by atoms with van der Waals surface area (Å²) in [7, 11) is 0. The molecule has 0 amide bonds. The van der Waals surface area contributed by atoms with Crippen molar-refractivity contribution in [3.8, 4) is 0 Å². The van der Waals surface area contributed by atoms with E-state index >= 15 is 0 Å². The van der Waals surface area contributed by atoms with Gasteiger partial charge in [0, 0.05) is 42.4 Å². The van der Waals surface area contributed by atoms with Crippen LogP contribution in [0.5, 0.6) is 0 Å². The fourth-order valence-corrected chi connectivity index (χ4v) is 1.72. The molecule has 2 atom stereocenters. The molecule has 120 valence electrons. The van der Waals surface area contributed by atoms with E-state index in [4.69, 9.17) is 10.4 Å². The van der Waals surface area contributed by atoms with Gasteiger partial charge in [-0.15, -0.1) is 0 Å². The zero-order chi connectivity index (χ0) is 16.7. The van der Waals surface area contributed by atoms with Crippen LogP contribution in [0.25, 0.3) is 0 Å². The first kappa shape index (κ1) is 16.8. The number of benzene rings is 2.